The molecule has 9 nitrogen and oxygen atoms in total. The number of rotatable bonds is 11. The van der Waals surface area contributed by atoms with Crippen LogP contribution < -0.4 is 16.4 Å². The van der Waals surface area contributed by atoms with E-state index in [1.807, 2.05) is 0 Å². The monoisotopic (exact) mass is 359 g/mol. The second kappa shape index (κ2) is 10.7. The fourth-order valence-corrected chi connectivity index (χ4v) is 2.04. The highest BCUT2D eigenvalue weighted by molar-refractivity contribution is 5.92. The number of carbonyl (C=O) groups excluding carboxylic acids is 2. The Morgan fingerprint density at radius 3 is 1.96 bits per heavy atom. The normalized spacial score (nSPS) is 15.8. The van der Waals surface area contributed by atoms with Gasteiger partial charge < -0.3 is 26.6 Å². The van der Waals surface area contributed by atoms with E-state index in [0.29, 0.717) is 6.42 Å². The van der Waals surface area contributed by atoms with Crippen molar-refractivity contribution in [2.45, 2.75) is 65.1 Å². The maximum atomic E-state index is 12.4. The van der Waals surface area contributed by atoms with E-state index < -0.39 is 41.9 Å². The van der Waals surface area contributed by atoms with E-state index in [2.05, 4.69) is 10.6 Å². The van der Waals surface area contributed by atoms with Crippen molar-refractivity contribution in [2.24, 2.45) is 17.6 Å². The lowest BCUT2D eigenvalue weighted by Crippen LogP contribution is -2.56. The average molecular weight is 359 g/mol. The number of aliphatic carboxylic acids is 2. The van der Waals surface area contributed by atoms with Crippen LogP contribution in [0.2, 0.25) is 0 Å². The van der Waals surface area contributed by atoms with Crippen molar-refractivity contribution < 1.29 is 29.4 Å². The van der Waals surface area contributed by atoms with Gasteiger partial charge in [-0.15, -0.1) is 0 Å². The van der Waals surface area contributed by atoms with Crippen LogP contribution in [0.25, 0.3) is 0 Å². The number of carboxylic acid groups (broad SMARTS) is 2. The molecule has 0 saturated carbocycles. The number of hydrogen-bond donors (Lipinski definition) is 5. The molecule has 6 N–H and O–H groups in total. The van der Waals surface area contributed by atoms with Gasteiger partial charge in [0.15, 0.2) is 0 Å². The summed E-state index contributed by atoms with van der Waals surface area (Å²) in [5.41, 5.74) is 5.73. The van der Waals surface area contributed by atoms with Crippen molar-refractivity contribution in [3.05, 3.63) is 0 Å². The number of carboxylic acids is 2. The summed E-state index contributed by atoms with van der Waals surface area (Å²) in [7, 11) is 0. The second-order valence-corrected chi connectivity index (χ2v) is 6.47. The Kier molecular flexibility index (Phi) is 9.73. The summed E-state index contributed by atoms with van der Waals surface area (Å²) in [6.07, 6.45) is 0.0164. The molecule has 0 fully saturated rings. The first kappa shape index (κ1) is 22.8. The van der Waals surface area contributed by atoms with Crippen molar-refractivity contribution in [3.8, 4) is 0 Å². The van der Waals surface area contributed by atoms with Crippen LogP contribution in [0.1, 0.15) is 47.0 Å². The fourth-order valence-electron chi connectivity index (χ4n) is 2.04. The van der Waals surface area contributed by atoms with E-state index in [9.17, 15) is 24.3 Å². The van der Waals surface area contributed by atoms with Crippen LogP contribution in [0.4, 0.5) is 0 Å². The molecule has 0 spiro atoms. The lowest BCUT2D eigenvalue weighted by molar-refractivity contribution is -0.144. The Balaban J connectivity index is 5.17. The highest BCUT2D eigenvalue weighted by Gasteiger charge is 2.31. The maximum Gasteiger partial charge on any atom is 0.326 e. The number of amides is 2. The largest absolute Gasteiger partial charge is 0.481 e. The number of carbonyl (C=O) groups is 4. The summed E-state index contributed by atoms with van der Waals surface area (Å²) < 4.78 is 0. The van der Waals surface area contributed by atoms with Crippen LogP contribution in [0, 0.1) is 11.8 Å². The van der Waals surface area contributed by atoms with Gasteiger partial charge in [-0.1, -0.05) is 34.1 Å². The van der Waals surface area contributed by atoms with E-state index in [-0.39, 0.29) is 24.7 Å². The van der Waals surface area contributed by atoms with Gasteiger partial charge in [0.2, 0.25) is 11.8 Å². The Hall–Kier alpha value is -2.16. The van der Waals surface area contributed by atoms with Crippen LogP contribution >= 0.6 is 0 Å². The summed E-state index contributed by atoms with van der Waals surface area (Å²) >= 11 is 0. The standard InChI is InChI=1S/C16H29N3O6/c1-5-9(4)13(16(24)25)19-14(22)10(6-7-11(20)21)18-15(23)12(17)8(2)3/h8-10,12-13H,5-7,17H2,1-4H3,(H,18,23)(H,19,22)(H,20,21)(H,24,25)/t9-,10-,12-,13-/m0/s1. The van der Waals surface area contributed by atoms with Crippen molar-refractivity contribution in [2.75, 3.05) is 0 Å². The molecule has 0 aromatic carbocycles. The molecule has 0 bridgehead atoms. The maximum absolute atomic E-state index is 12.4. The molecule has 0 aromatic heterocycles. The van der Waals surface area contributed by atoms with Gasteiger partial charge in [-0.05, 0) is 18.3 Å². The third-order valence-corrected chi connectivity index (χ3v) is 4.08. The Morgan fingerprint density at radius 2 is 1.56 bits per heavy atom. The molecule has 0 radical (unpaired) electrons. The molecule has 0 unspecified atom stereocenters. The van der Waals surface area contributed by atoms with Gasteiger partial charge in [0, 0.05) is 6.42 Å². The molecule has 0 aromatic rings. The predicted molar refractivity (Wildman–Crippen MR) is 90.6 cm³/mol. The van der Waals surface area contributed by atoms with E-state index in [0.717, 1.165) is 0 Å². The minimum absolute atomic E-state index is 0.162. The Labute approximate surface area is 147 Å². The second-order valence-electron chi connectivity index (χ2n) is 6.47. The highest BCUT2D eigenvalue weighted by atomic mass is 16.4. The van der Waals surface area contributed by atoms with E-state index in [4.69, 9.17) is 10.8 Å². The quantitative estimate of drug-likeness (QED) is 0.345. The zero-order valence-electron chi connectivity index (χ0n) is 15.1. The van der Waals surface area contributed by atoms with Crippen LogP contribution in [0.5, 0.6) is 0 Å². The van der Waals surface area contributed by atoms with Gasteiger partial charge in [-0.3, -0.25) is 14.4 Å². The molecule has 144 valence electrons. The number of nitrogens with one attached hydrogen (secondary N) is 2. The van der Waals surface area contributed by atoms with Crippen LogP contribution in [-0.2, 0) is 19.2 Å². The fraction of sp³-hybridized carbons (Fsp3) is 0.750. The first-order valence-corrected chi connectivity index (χ1v) is 8.32. The van der Waals surface area contributed by atoms with Crippen molar-refractivity contribution in [1.29, 1.82) is 0 Å². The van der Waals surface area contributed by atoms with Gasteiger partial charge in [0.1, 0.15) is 12.1 Å². The molecular formula is C16H29N3O6. The summed E-state index contributed by atoms with van der Waals surface area (Å²) in [4.78, 5) is 46.6. The molecule has 2 amide bonds. The molecule has 0 saturated heterocycles. The van der Waals surface area contributed by atoms with Gasteiger partial charge >= 0.3 is 11.9 Å². The van der Waals surface area contributed by atoms with Gasteiger partial charge in [-0.2, -0.15) is 0 Å². The number of nitrogens with two attached hydrogens (primary N) is 1. The molecule has 25 heavy (non-hydrogen) atoms. The Morgan fingerprint density at radius 1 is 1.00 bits per heavy atom. The van der Waals surface area contributed by atoms with Crippen LogP contribution in [-0.4, -0.2) is 52.1 Å². The van der Waals surface area contributed by atoms with Crippen molar-refractivity contribution in [1.82, 2.24) is 10.6 Å². The molecule has 0 aliphatic rings. The Bertz CT molecular complexity index is 494. The van der Waals surface area contributed by atoms with Gasteiger partial charge in [-0.25, -0.2) is 4.79 Å². The van der Waals surface area contributed by atoms with Crippen molar-refractivity contribution in [3.63, 3.8) is 0 Å². The third-order valence-electron chi connectivity index (χ3n) is 4.08. The third kappa shape index (κ3) is 7.97. The van der Waals surface area contributed by atoms with Crippen molar-refractivity contribution >= 4 is 23.8 Å². The molecular weight excluding hydrogens is 330 g/mol. The zero-order valence-corrected chi connectivity index (χ0v) is 15.1. The zero-order chi connectivity index (χ0) is 19.7. The first-order chi connectivity index (χ1) is 11.5. The molecule has 4 atom stereocenters. The van der Waals surface area contributed by atoms with E-state index in [1.54, 1.807) is 27.7 Å². The minimum Gasteiger partial charge on any atom is -0.481 e. The molecule has 0 aliphatic heterocycles. The summed E-state index contributed by atoms with van der Waals surface area (Å²) in [5.74, 6) is -4.14. The van der Waals surface area contributed by atoms with Crippen LogP contribution in [0.15, 0.2) is 0 Å². The SMILES string of the molecule is CC[C@H](C)[C@H](NC(=O)[C@H](CCC(=O)O)NC(=O)[C@@H](N)C(C)C)C(=O)O. The molecule has 0 heterocycles. The minimum atomic E-state index is -1.19. The summed E-state index contributed by atoms with van der Waals surface area (Å²) in [5, 5.41) is 22.9. The molecule has 9 heteroatoms. The number of hydrogen-bond acceptors (Lipinski definition) is 5. The van der Waals surface area contributed by atoms with E-state index in [1.165, 1.54) is 0 Å². The lowest BCUT2D eigenvalue weighted by Gasteiger charge is -2.25. The molecule has 0 rings (SSSR count). The predicted octanol–water partition coefficient (Wildman–Crippen LogP) is -0.0652. The summed E-state index contributed by atoms with van der Waals surface area (Å²) in [6, 6.07) is -3.15. The van der Waals surface area contributed by atoms with Crippen LogP contribution in [0.3, 0.4) is 0 Å². The topological polar surface area (TPSA) is 159 Å². The molecule has 0 aliphatic carbocycles. The van der Waals surface area contributed by atoms with Gasteiger partial charge in [0.05, 0.1) is 6.04 Å². The smallest absolute Gasteiger partial charge is 0.326 e. The van der Waals surface area contributed by atoms with Gasteiger partial charge in [0.25, 0.3) is 0 Å². The van der Waals surface area contributed by atoms with E-state index >= 15 is 0 Å². The summed E-state index contributed by atoms with van der Waals surface area (Å²) in [6.45, 7) is 6.94. The average Bonchev–Trinajstić information content (AvgIpc) is 2.53. The highest BCUT2D eigenvalue weighted by Crippen LogP contribution is 2.09. The first-order valence-electron chi connectivity index (χ1n) is 8.32. The lowest BCUT2D eigenvalue weighted by atomic mass is 9.98.